The van der Waals surface area contributed by atoms with Crippen molar-refractivity contribution in [3.8, 4) is 11.3 Å². The van der Waals surface area contributed by atoms with E-state index in [2.05, 4.69) is 9.97 Å². The lowest BCUT2D eigenvalue weighted by Gasteiger charge is -2.02. The number of hydrogen-bond acceptors (Lipinski definition) is 4. The van der Waals surface area contributed by atoms with Crippen molar-refractivity contribution < 1.29 is 4.42 Å². The molecule has 0 fully saturated rings. The van der Waals surface area contributed by atoms with Crippen LogP contribution in [0.25, 0.3) is 22.2 Å². The first-order valence-corrected chi connectivity index (χ1v) is 4.88. The van der Waals surface area contributed by atoms with Gasteiger partial charge in [0.15, 0.2) is 0 Å². The van der Waals surface area contributed by atoms with Crippen molar-refractivity contribution in [3.05, 3.63) is 43.1 Å². The van der Waals surface area contributed by atoms with Crippen molar-refractivity contribution >= 4 is 16.7 Å². The normalized spacial score (nSPS) is 10.8. The van der Waals surface area contributed by atoms with Gasteiger partial charge in [-0.1, -0.05) is 0 Å². The first-order chi connectivity index (χ1) is 7.84. The number of nitrogens with two attached hydrogens (primary N) is 1. The quantitative estimate of drug-likeness (QED) is 0.628. The molecule has 1 aromatic carbocycles. The number of aromatic nitrogens is 2. The van der Waals surface area contributed by atoms with Crippen molar-refractivity contribution in [2.24, 2.45) is 0 Å². The number of hydrogen-bond donors (Lipinski definition) is 1. The third kappa shape index (κ3) is 1.32. The van der Waals surface area contributed by atoms with E-state index in [1.54, 1.807) is 24.9 Å². The fourth-order valence-corrected chi connectivity index (χ4v) is 1.73. The fraction of sp³-hybridized carbons (Fsp3) is 0. The predicted molar refractivity (Wildman–Crippen MR) is 61.7 cm³/mol. The second kappa shape index (κ2) is 3.34. The molecule has 0 saturated heterocycles. The van der Waals surface area contributed by atoms with Gasteiger partial charge in [0.2, 0.25) is 0 Å². The zero-order valence-corrected chi connectivity index (χ0v) is 8.42. The minimum absolute atomic E-state index is 0.689. The smallest absolute Gasteiger partial charge is 0.143 e. The van der Waals surface area contributed by atoms with E-state index in [9.17, 15) is 0 Å². The Kier molecular flexibility index (Phi) is 1.86. The molecule has 0 aliphatic heterocycles. The summed E-state index contributed by atoms with van der Waals surface area (Å²) in [4.78, 5) is 8.28. The fourth-order valence-electron chi connectivity index (χ4n) is 1.73. The zero-order chi connectivity index (χ0) is 11.0. The zero-order valence-electron chi connectivity index (χ0n) is 8.42. The van der Waals surface area contributed by atoms with Crippen LogP contribution in [0, 0.1) is 0 Å². The third-order valence-corrected chi connectivity index (χ3v) is 2.41. The van der Waals surface area contributed by atoms with E-state index < -0.39 is 0 Å². The Labute approximate surface area is 91.7 Å². The van der Waals surface area contributed by atoms with Crippen molar-refractivity contribution in [2.75, 3.05) is 5.73 Å². The van der Waals surface area contributed by atoms with Gasteiger partial charge in [-0.05, 0) is 18.2 Å². The van der Waals surface area contributed by atoms with Gasteiger partial charge in [-0.3, -0.25) is 9.97 Å². The van der Waals surface area contributed by atoms with Gasteiger partial charge in [-0.15, -0.1) is 0 Å². The number of nitrogens with zero attached hydrogens (tertiary/aromatic N) is 2. The Morgan fingerprint density at radius 1 is 1.19 bits per heavy atom. The maximum absolute atomic E-state index is 5.83. The molecule has 3 aromatic rings. The molecule has 0 spiro atoms. The number of furan rings is 1. The van der Waals surface area contributed by atoms with Crippen LogP contribution in [-0.4, -0.2) is 9.97 Å². The van der Waals surface area contributed by atoms with Gasteiger partial charge in [0.25, 0.3) is 0 Å². The summed E-state index contributed by atoms with van der Waals surface area (Å²) in [6, 6.07) is 5.60. The first kappa shape index (κ1) is 8.91. The third-order valence-electron chi connectivity index (χ3n) is 2.41. The Balaban J connectivity index is 2.34. The van der Waals surface area contributed by atoms with Gasteiger partial charge < -0.3 is 10.2 Å². The van der Waals surface area contributed by atoms with Crippen LogP contribution in [0.1, 0.15) is 0 Å². The largest absolute Gasteiger partial charge is 0.464 e. The molecule has 16 heavy (non-hydrogen) atoms. The van der Waals surface area contributed by atoms with E-state index in [0.29, 0.717) is 5.69 Å². The molecular weight excluding hydrogens is 202 g/mol. The molecule has 2 aromatic heterocycles. The van der Waals surface area contributed by atoms with E-state index in [-0.39, 0.29) is 0 Å². The van der Waals surface area contributed by atoms with Crippen LogP contribution in [0.15, 0.2) is 47.5 Å². The average Bonchev–Trinajstić information content (AvgIpc) is 2.77. The molecule has 3 rings (SSSR count). The van der Waals surface area contributed by atoms with E-state index in [4.69, 9.17) is 10.2 Å². The van der Waals surface area contributed by atoms with Crippen molar-refractivity contribution in [2.45, 2.75) is 0 Å². The number of benzene rings is 1. The molecular formula is C12H9N3O. The molecule has 2 N–H and O–H groups in total. The Morgan fingerprint density at radius 2 is 2.12 bits per heavy atom. The van der Waals surface area contributed by atoms with Crippen molar-refractivity contribution in [1.29, 1.82) is 0 Å². The molecule has 0 saturated carbocycles. The summed E-state index contributed by atoms with van der Waals surface area (Å²) < 4.78 is 5.44. The maximum Gasteiger partial charge on any atom is 0.143 e. The molecule has 0 atom stereocenters. The highest BCUT2D eigenvalue weighted by molar-refractivity contribution is 5.94. The Bertz CT molecular complexity index is 631. The van der Waals surface area contributed by atoms with E-state index in [0.717, 1.165) is 22.2 Å². The highest BCUT2D eigenvalue weighted by Crippen LogP contribution is 2.30. The van der Waals surface area contributed by atoms with Crippen molar-refractivity contribution in [1.82, 2.24) is 9.97 Å². The van der Waals surface area contributed by atoms with E-state index in [1.165, 1.54) is 0 Å². The molecule has 4 nitrogen and oxygen atoms in total. The summed E-state index contributed by atoms with van der Waals surface area (Å²) in [5, 5.41) is 0.973. The highest BCUT2D eigenvalue weighted by atomic mass is 16.3. The molecule has 0 aliphatic carbocycles. The van der Waals surface area contributed by atoms with Gasteiger partial charge in [-0.25, -0.2) is 0 Å². The summed E-state index contributed by atoms with van der Waals surface area (Å²) in [6.07, 6.45) is 6.61. The van der Waals surface area contributed by atoms with Crippen LogP contribution in [0.2, 0.25) is 0 Å². The van der Waals surface area contributed by atoms with Gasteiger partial charge in [0, 0.05) is 29.0 Å². The minimum Gasteiger partial charge on any atom is -0.464 e. The highest BCUT2D eigenvalue weighted by Gasteiger charge is 2.09. The Hall–Kier alpha value is -2.36. The minimum atomic E-state index is 0.689. The molecule has 2 heterocycles. The molecule has 4 heteroatoms. The molecule has 78 valence electrons. The van der Waals surface area contributed by atoms with Gasteiger partial charge >= 0.3 is 0 Å². The molecule has 0 amide bonds. The van der Waals surface area contributed by atoms with Crippen LogP contribution < -0.4 is 5.73 Å². The topological polar surface area (TPSA) is 64.9 Å². The lowest BCUT2D eigenvalue weighted by molar-refractivity contribution is 0.616. The van der Waals surface area contributed by atoms with Crippen LogP contribution in [0.4, 0.5) is 5.69 Å². The summed E-state index contributed by atoms with van der Waals surface area (Å²) in [7, 11) is 0. The molecule has 0 radical (unpaired) electrons. The van der Waals surface area contributed by atoms with Crippen LogP contribution in [0.5, 0.6) is 0 Å². The van der Waals surface area contributed by atoms with Crippen LogP contribution in [-0.2, 0) is 0 Å². The molecule has 0 unspecified atom stereocenters. The molecule has 0 aliphatic rings. The number of anilines is 1. The van der Waals surface area contributed by atoms with Crippen LogP contribution >= 0.6 is 0 Å². The molecule has 0 bridgehead atoms. The second-order valence-corrected chi connectivity index (χ2v) is 3.50. The number of nitrogen functional groups attached to an aromatic ring is 1. The van der Waals surface area contributed by atoms with Gasteiger partial charge in [-0.2, -0.15) is 0 Å². The van der Waals surface area contributed by atoms with Crippen LogP contribution in [0.3, 0.4) is 0 Å². The standard InChI is InChI=1S/C12H9N3O/c13-9-5-8-1-4-16-12(8)10(6-9)11-7-14-2-3-15-11/h1-7H,13H2. The summed E-state index contributed by atoms with van der Waals surface area (Å²) in [6.45, 7) is 0. The monoisotopic (exact) mass is 211 g/mol. The Morgan fingerprint density at radius 3 is 2.94 bits per heavy atom. The van der Waals surface area contributed by atoms with Gasteiger partial charge in [0.05, 0.1) is 18.2 Å². The first-order valence-electron chi connectivity index (χ1n) is 4.88. The van der Waals surface area contributed by atoms with E-state index in [1.807, 2.05) is 18.2 Å². The average molecular weight is 211 g/mol. The SMILES string of the molecule is Nc1cc(-c2cnccn2)c2occc2c1. The van der Waals surface area contributed by atoms with E-state index >= 15 is 0 Å². The summed E-state index contributed by atoms with van der Waals surface area (Å²) >= 11 is 0. The summed E-state index contributed by atoms with van der Waals surface area (Å²) in [5.41, 5.74) is 8.94. The number of fused-ring (bicyclic) bond motifs is 1. The maximum atomic E-state index is 5.83. The predicted octanol–water partition coefficient (Wildman–Crippen LogP) is 2.47. The van der Waals surface area contributed by atoms with Gasteiger partial charge in [0.1, 0.15) is 5.58 Å². The van der Waals surface area contributed by atoms with Crippen molar-refractivity contribution in [3.63, 3.8) is 0 Å². The summed E-state index contributed by atoms with van der Waals surface area (Å²) in [5.74, 6) is 0. The number of rotatable bonds is 1. The lowest BCUT2D eigenvalue weighted by atomic mass is 10.1. The lowest BCUT2D eigenvalue weighted by Crippen LogP contribution is -1.89. The second-order valence-electron chi connectivity index (χ2n) is 3.50.